The van der Waals surface area contributed by atoms with Gasteiger partial charge in [-0.1, -0.05) is 6.07 Å². The third kappa shape index (κ3) is 3.52. The third-order valence-corrected chi connectivity index (χ3v) is 4.57. The first-order valence-corrected chi connectivity index (χ1v) is 7.60. The highest BCUT2D eigenvalue weighted by molar-refractivity contribution is 7.89. The summed E-state index contributed by atoms with van der Waals surface area (Å²) in [6.07, 6.45) is 1.75. The van der Waals surface area contributed by atoms with Crippen molar-refractivity contribution in [2.24, 2.45) is 5.73 Å². The monoisotopic (exact) mass is 283 g/mol. The number of carbonyl (C=O) groups is 1. The van der Waals surface area contributed by atoms with Crippen molar-refractivity contribution in [1.29, 1.82) is 0 Å². The number of benzene rings is 1. The van der Waals surface area contributed by atoms with Crippen LogP contribution in [0.1, 0.15) is 23.2 Å². The first-order valence-electron chi connectivity index (χ1n) is 6.12. The third-order valence-electron chi connectivity index (χ3n) is 3.05. The molecule has 1 saturated heterocycles. The zero-order chi connectivity index (χ0) is 13.9. The Labute approximate surface area is 112 Å². The van der Waals surface area contributed by atoms with Gasteiger partial charge in [0.15, 0.2) is 0 Å². The molecular formula is C12H17N3O3S. The average molecular weight is 283 g/mol. The van der Waals surface area contributed by atoms with E-state index < -0.39 is 15.9 Å². The summed E-state index contributed by atoms with van der Waals surface area (Å²) >= 11 is 0. The molecule has 0 aliphatic carbocycles. The van der Waals surface area contributed by atoms with E-state index in [4.69, 9.17) is 5.73 Å². The van der Waals surface area contributed by atoms with Gasteiger partial charge in [0.05, 0.1) is 4.90 Å². The lowest BCUT2D eigenvalue weighted by Crippen LogP contribution is -2.45. The number of amides is 1. The zero-order valence-corrected chi connectivity index (χ0v) is 11.2. The van der Waals surface area contributed by atoms with Crippen LogP contribution in [-0.4, -0.2) is 33.5 Å². The van der Waals surface area contributed by atoms with Crippen LogP contribution in [0.5, 0.6) is 0 Å². The first-order chi connectivity index (χ1) is 8.99. The number of sulfonamides is 1. The van der Waals surface area contributed by atoms with E-state index in [1.165, 1.54) is 24.3 Å². The van der Waals surface area contributed by atoms with Crippen molar-refractivity contribution in [2.45, 2.75) is 23.8 Å². The molecule has 7 heteroatoms. The van der Waals surface area contributed by atoms with Gasteiger partial charge in [0.2, 0.25) is 15.9 Å². The van der Waals surface area contributed by atoms with E-state index in [1.54, 1.807) is 0 Å². The second-order valence-corrected chi connectivity index (χ2v) is 6.27. The van der Waals surface area contributed by atoms with Gasteiger partial charge >= 0.3 is 0 Å². The van der Waals surface area contributed by atoms with Crippen molar-refractivity contribution in [3.63, 3.8) is 0 Å². The van der Waals surface area contributed by atoms with Crippen LogP contribution in [0.4, 0.5) is 0 Å². The lowest BCUT2D eigenvalue weighted by molar-refractivity contribution is 0.1000. The molecular weight excluding hydrogens is 266 g/mol. The van der Waals surface area contributed by atoms with Crippen LogP contribution < -0.4 is 15.8 Å². The van der Waals surface area contributed by atoms with Gasteiger partial charge in [0, 0.05) is 18.2 Å². The molecule has 104 valence electrons. The van der Waals surface area contributed by atoms with E-state index in [1.807, 2.05) is 0 Å². The van der Waals surface area contributed by atoms with Crippen LogP contribution >= 0.6 is 0 Å². The minimum atomic E-state index is -3.61. The van der Waals surface area contributed by atoms with Crippen molar-refractivity contribution < 1.29 is 13.2 Å². The molecule has 1 aromatic rings. The van der Waals surface area contributed by atoms with Crippen molar-refractivity contribution in [1.82, 2.24) is 10.0 Å². The predicted molar refractivity (Wildman–Crippen MR) is 71.2 cm³/mol. The molecule has 1 amide bonds. The molecule has 1 aromatic carbocycles. The maximum absolute atomic E-state index is 12.2. The number of nitrogens with one attached hydrogen (secondary N) is 2. The van der Waals surface area contributed by atoms with Crippen LogP contribution in [0.3, 0.4) is 0 Å². The Kier molecular flexibility index (Phi) is 4.18. The SMILES string of the molecule is NC(=O)c1cccc(S(=O)(=O)NC2CCCNC2)c1. The molecule has 1 heterocycles. The van der Waals surface area contributed by atoms with E-state index in [0.29, 0.717) is 6.54 Å². The summed E-state index contributed by atoms with van der Waals surface area (Å²) in [5.74, 6) is -0.642. The summed E-state index contributed by atoms with van der Waals surface area (Å²) in [6, 6.07) is 5.62. The quantitative estimate of drug-likeness (QED) is 0.713. The van der Waals surface area contributed by atoms with Gasteiger partial charge < -0.3 is 11.1 Å². The normalized spacial score (nSPS) is 20.1. The molecule has 1 aliphatic heterocycles. The Balaban J connectivity index is 2.18. The summed E-state index contributed by atoms with van der Waals surface area (Å²) in [6.45, 7) is 1.53. The molecule has 6 nitrogen and oxygen atoms in total. The van der Waals surface area contributed by atoms with Crippen molar-refractivity contribution in [2.75, 3.05) is 13.1 Å². The second-order valence-electron chi connectivity index (χ2n) is 4.56. The molecule has 1 atom stereocenters. The minimum absolute atomic E-state index is 0.0642. The lowest BCUT2D eigenvalue weighted by atomic mass is 10.1. The fourth-order valence-electron chi connectivity index (χ4n) is 2.06. The smallest absolute Gasteiger partial charge is 0.248 e. The van der Waals surface area contributed by atoms with Gasteiger partial charge in [-0.3, -0.25) is 4.79 Å². The maximum Gasteiger partial charge on any atom is 0.248 e. The van der Waals surface area contributed by atoms with E-state index in [9.17, 15) is 13.2 Å². The van der Waals surface area contributed by atoms with E-state index in [0.717, 1.165) is 19.4 Å². The summed E-state index contributed by atoms with van der Waals surface area (Å²) in [5.41, 5.74) is 5.33. The highest BCUT2D eigenvalue weighted by Gasteiger charge is 2.22. The van der Waals surface area contributed by atoms with Gasteiger partial charge in [-0.25, -0.2) is 13.1 Å². The molecule has 1 fully saturated rings. The van der Waals surface area contributed by atoms with Crippen molar-refractivity contribution >= 4 is 15.9 Å². The molecule has 1 aliphatic rings. The molecule has 0 saturated carbocycles. The Morgan fingerprint density at radius 2 is 2.21 bits per heavy atom. The highest BCUT2D eigenvalue weighted by atomic mass is 32.2. The lowest BCUT2D eigenvalue weighted by Gasteiger charge is -2.23. The Morgan fingerprint density at radius 3 is 2.84 bits per heavy atom. The minimum Gasteiger partial charge on any atom is -0.366 e. The molecule has 0 aromatic heterocycles. The number of rotatable bonds is 4. The molecule has 4 N–H and O–H groups in total. The second kappa shape index (κ2) is 5.68. The standard InChI is InChI=1S/C12H17N3O3S/c13-12(16)9-3-1-5-11(7-9)19(17,18)15-10-4-2-6-14-8-10/h1,3,5,7,10,14-15H,2,4,6,8H2,(H2,13,16). The summed E-state index contributed by atoms with van der Waals surface area (Å²) in [7, 11) is -3.61. The Hall–Kier alpha value is -1.44. The van der Waals surface area contributed by atoms with E-state index >= 15 is 0 Å². The number of hydrogen-bond acceptors (Lipinski definition) is 4. The van der Waals surface area contributed by atoms with Crippen LogP contribution in [-0.2, 0) is 10.0 Å². The Morgan fingerprint density at radius 1 is 1.42 bits per heavy atom. The number of hydrogen-bond donors (Lipinski definition) is 3. The van der Waals surface area contributed by atoms with Gasteiger partial charge in [-0.05, 0) is 37.6 Å². The fraction of sp³-hybridized carbons (Fsp3) is 0.417. The number of piperidine rings is 1. The summed E-state index contributed by atoms with van der Waals surface area (Å²) < 4.78 is 27.0. The van der Waals surface area contributed by atoms with Gasteiger partial charge in [-0.15, -0.1) is 0 Å². The highest BCUT2D eigenvalue weighted by Crippen LogP contribution is 2.13. The van der Waals surface area contributed by atoms with Gasteiger partial charge in [0.1, 0.15) is 0 Å². The first kappa shape index (κ1) is 14.0. The van der Waals surface area contributed by atoms with Gasteiger partial charge in [-0.2, -0.15) is 0 Å². The van der Waals surface area contributed by atoms with Crippen LogP contribution in [0.2, 0.25) is 0 Å². The van der Waals surface area contributed by atoms with Crippen LogP contribution in [0.25, 0.3) is 0 Å². The van der Waals surface area contributed by atoms with Crippen LogP contribution in [0, 0.1) is 0 Å². The number of nitrogens with two attached hydrogens (primary N) is 1. The van der Waals surface area contributed by atoms with E-state index in [-0.39, 0.29) is 16.5 Å². The number of primary amides is 1. The van der Waals surface area contributed by atoms with E-state index in [2.05, 4.69) is 10.0 Å². The van der Waals surface area contributed by atoms with Gasteiger partial charge in [0.25, 0.3) is 0 Å². The molecule has 1 unspecified atom stereocenters. The molecule has 0 spiro atoms. The predicted octanol–water partition coefficient (Wildman–Crippen LogP) is -0.184. The number of carbonyl (C=O) groups excluding carboxylic acids is 1. The maximum atomic E-state index is 12.2. The Bertz CT molecular complexity index is 565. The van der Waals surface area contributed by atoms with Crippen molar-refractivity contribution in [3.05, 3.63) is 29.8 Å². The topological polar surface area (TPSA) is 101 Å². The molecule has 0 radical (unpaired) electrons. The van der Waals surface area contributed by atoms with Crippen LogP contribution in [0.15, 0.2) is 29.2 Å². The molecule has 2 rings (SSSR count). The fourth-order valence-corrected chi connectivity index (χ4v) is 3.37. The largest absolute Gasteiger partial charge is 0.366 e. The summed E-state index contributed by atoms with van der Waals surface area (Å²) in [5, 5.41) is 3.14. The molecule has 19 heavy (non-hydrogen) atoms. The molecule has 0 bridgehead atoms. The average Bonchev–Trinajstić information content (AvgIpc) is 2.39. The van der Waals surface area contributed by atoms with Crippen molar-refractivity contribution in [3.8, 4) is 0 Å². The zero-order valence-electron chi connectivity index (χ0n) is 10.4. The summed E-state index contributed by atoms with van der Waals surface area (Å²) in [4.78, 5) is 11.1.